The zero-order valence-corrected chi connectivity index (χ0v) is 24.5. The first-order chi connectivity index (χ1) is 20.5. The van der Waals surface area contributed by atoms with Crippen molar-refractivity contribution in [1.82, 2.24) is 9.62 Å². The largest absolute Gasteiger partial charge is 0.394 e. The van der Waals surface area contributed by atoms with E-state index < -0.39 is 16.1 Å². The molecule has 42 heavy (non-hydrogen) atoms. The molecular formula is C35H38N2O4S. The second-order valence-electron chi connectivity index (χ2n) is 11.0. The molecule has 218 valence electrons. The first-order valence-corrected chi connectivity index (χ1v) is 16.0. The summed E-state index contributed by atoms with van der Waals surface area (Å²) >= 11 is 0. The fraction of sp³-hybridized carbons (Fsp3) is 0.286. The number of benzene rings is 4. The van der Waals surface area contributed by atoms with Crippen LogP contribution in [0.15, 0.2) is 120 Å². The molecule has 0 radical (unpaired) electrons. The van der Waals surface area contributed by atoms with E-state index in [4.69, 9.17) is 0 Å². The summed E-state index contributed by atoms with van der Waals surface area (Å²) in [4.78, 5) is 13.7. The van der Waals surface area contributed by atoms with Crippen LogP contribution in [-0.2, 0) is 27.9 Å². The molecule has 0 aliphatic heterocycles. The number of carbonyl (C=O) groups is 1. The van der Waals surface area contributed by atoms with Crippen LogP contribution in [0.4, 0.5) is 0 Å². The molecule has 0 aromatic heterocycles. The molecule has 6 nitrogen and oxygen atoms in total. The highest BCUT2D eigenvalue weighted by atomic mass is 32.2. The van der Waals surface area contributed by atoms with Gasteiger partial charge >= 0.3 is 0 Å². The first-order valence-electron chi connectivity index (χ1n) is 14.6. The van der Waals surface area contributed by atoms with Gasteiger partial charge in [-0.1, -0.05) is 116 Å². The van der Waals surface area contributed by atoms with Crippen molar-refractivity contribution in [3.05, 3.63) is 138 Å². The van der Waals surface area contributed by atoms with Gasteiger partial charge in [0, 0.05) is 19.0 Å². The molecule has 0 spiro atoms. The molecule has 1 fully saturated rings. The van der Waals surface area contributed by atoms with Gasteiger partial charge < -0.3 is 10.4 Å². The highest BCUT2D eigenvalue weighted by molar-refractivity contribution is 7.89. The topological polar surface area (TPSA) is 86.7 Å². The van der Waals surface area contributed by atoms with Crippen molar-refractivity contribution in [2.75, 3.05) is 6.61 Å². The number of rotatable bonds is 11. The molecule has 0 heterocycles. The number of aliphatic hydroxyl groups is 1. The van der Waals surface area contributed by atoms with Gasteiger partial charge in [-0.3, -0.25) is 4.79 Å². The van der Waals surface area contributed by atoms with Gasteiger partial charge in [-0.25, -0.2) is 8.42 Å². The first kappa shape index (κ1) is 29.7. The predicted molar refractivity (Wildman–Crippen MR) is 165 cm³/mol. The molecule has 7 heteroatoms. The van der Waals surface area contributed by atoms with Gasteiger partial charge in [0.25, 0.3) is 0 Å². The Morgan fingerprint density at radius 3 is 1.93 bits per heavy atom. The van der Waals surface area contributed by atoms with Crippen LogP contribution >= 0.6 is 0 Å². The van der Waals surface area contributed by atoms with Crippen molar-refractivity contribution in [2.45, 2.75) is 55.6 Å². The average molecular weight is 583 g/mol. The van der Waals surface area contributed by atoms with Gasteiger partial charge in [0.1, 0.15) is 0 Å². The highest BCUT2D eigenvalue weighted by Crippen LogP contribution is 2.38. The maximum atomic E-state index is 13.7. The third kappa shape index (κ3) is 7.16. The minimum atomic E-state index is -3.73. The molecule has 0 saturated heterocycles. The van der Waals surface area contributed by atoms with Crippen LogP contribution in [0, 0.1) is 5.92 Å². The Labute approximate surface area is 249 Å². The summed E-state index contributed by atoms with van der Waals surface area (Å²) < 4.78 is 28.8. The summed E-state index contributed by atoms with van der Waals surface area (Å²) in [6, 6.07) is 35.3. The number of nitrogens with one attached hydrogen (secondary N) is 1. The van der Waals surface area contributed by atoms with E-state index in [1.807, 2.05) is 91.0 Å². The molecule has 5 rings (SSSR count). The fourth-order valence-electron chi connectivity index (χ4n) is 5.87. The Kier molecular flexibility index (Phi) is 9.85. The zero-order valence-electron chi connectivity index (χ0n) is 23.7. The van der Waals surface area contributed by atoms with Crippen LogP contribution in [0.25, 0.3) is 0 Å². The monoisotopic (exact) mass is 582 g/mol. The van der Waals surface area contributed by atoms with Crippen molar-refractivity contribution in [3.63, 3.8) is 0 Å². The van der Waals surface area contributed by atoms with Gasteiger partial charge in [-0.05, 0) is 53.1 Å². The maximum Gasteiger partial charge on any atom is 0.243 e. The molecule has 3 unspecified atom stereocenters. The minimum absolute atomic E-state index is 0.0327. The smallest absolute Gasteiger partial charge is 0.243 e. The summed E-state index contributed by atoms with van der Waals surface area (Å²) in [6.07, 6.45) is 3.76. The van der Waals surface area contributed by atoms with E-state index in [1.165, 1.54) is 4.31 Å². The van der Waals surface area contributed by atoms with Gasteiger partial charge in [0.05, 0.1) is 17.5 Å². The Hall–Kier alpha value is -3.78. The number of hydrogen-bond donors (Lipinski definition) is 2. The van der Waals surface area contributed by atoms with Crippen LogP contribution in [0.1, 0.15) is 59.9 Å². The lowest BCUT2D eigenvalue weighted by atomic mass is 9.74. The Bertz CT molecular complexity index is 1530. The fourth-order valence-corrected chi connectivity index (χ4v) is 7.31. The number of hydrogen-bond acceptors (Lipinski definition) is 4. The highest BCUT2D eigenvalue weighted by Gasteiger charge is 2.33. The molecule has 0 bridgehead atoms. The number of aliphatic hydroxyl groups excluding tert-OH is 1. The lowest BCUT2D eigenvalue weighted by Crippen LogP contribution is -2.39. The van der Waals surface area contributed by atoms with E-state index in [1.54, 1.807) is 24.3 Å². The van der Waals surface area contributed by atoms with E-state index in [9.17, 15) is 18.3 Å². The molecule has 1 amide bonds. The average Bonchev–Trinajstić information content (AvgIpc) is 3.05. The van der Waals surface area contributed by atoms with E-state index in [0.717, 1.165) is 47.9 Å². The van der Waals surface area contributed by atoms with Crippen molar-refractivity contribution in [1.29, 1.82) is 0 Å². The van der Waals surface area contributed by atoms with Crippen LogP contribution < -0.4 is 5.32 Å². The molecule has 4 aromatic carbocycles. The minimum Gasteiger partial charge on any atom is -0.394 e. The lowest BCUT2D eigenvalue weighted by molar-refractivity contribution is -0.127. The second kappa shape index (κ2) is 13.9. The lowest BCUT2D eigenvalue weighted by Gasteiger charge is -2.32. The van der Waals surface area contributed by atoms with Crippen LogP contribution in [-0.4, -0.2) is 30.3 Å². The molecular weight excluding hydrogens is 544 g/mol. The number of nitrogens with zero attached hydrogens (tertiary/aromatic N) is 1. The number of carbonyl (C=O) groups excluding carboxylic acids is 1. The summed E-state index contributed by atoms with van der Waals surface area (Å²) in [5.41, 5.74) is 3.77. The third-order valence-electron chi connectivity index (χ3n) is 8.15. The van der Waals surface area contributed by atoms with Gasteiger partial charge in [0.2, 0.25) is 15.9 Å². The van der Waals surface area contributed by atoms with Gasteiger partial charge in [0.15, 0.2) is 0 Å². The zero-order chi connectivity index (χ0) is 29.4. The molecule has 4 aromatic rings. The number of sulfonamides is 1. The molecule has 1 aliphatic rings. The molecule has 2 N–H and O–H groups in total. The van der Waals surface area contributed by atoms with Gasteiger partial charge in [-0.2, -0.15) is 4.31 Å². The number of amides is 1. The summed E-state index contributed by atoms with van der Waals surface area (Å²) in [5, 5.41) is 13.1. The Morgan fingerprint density at radius 2 is 1.31 bits per heavy atom. The SMILES string of the molecule is O=C(NC(CO)c1ccccc1)C1CCCCC1c1ccc(CN(Cc2ccccc2)S(=O)(=O)c2ccccc2)cc1. The molecule has 3 atom stereocenters. The maximum absolute atomic E-state index is 13.7. The quantitative estimate of drug-likeness (QED) is 0.220. The van der Waals surface area contributed by atoms with Crippen molar-refractivity contribution in [3.8, 4) is 0 Å². The van der Waals surface area contributed by atoms with E-state index in [2.05, 4.69) is 5.32 Å². The molecule has 1 aliphatic carbocycles. The normalized spacial score (nSPS) is 18.0. The van der Waals surface area contributed by atoms with Crippen LogP contribution in [0.3, 0.4) is 0 Å². The van der Waals surface area contributed by atoms with Crippen LogP contribution in [0.5, 0.6) is 0 Å². The van der Waals surface area contributed by atoms with E-state index >= 15 is 0 Å². The van der Waals surface area contributed by atoms with E-state index in [-0.39, 0.29) is 42.3 Å². The second-order valence-corrected chi connectivity index (χ2v) is 12.9. The Balaban J connectivity index is 1.33. The summed E-state index contributed by atoms with van der Waals surface area (Å²) in [5.74, 6) is -0.151. The third-order valence-corrected chi connectivity index (χ3v) is 9.96. The van der Waals surface area contributed by atoms with E-state index in [0.29, 0.717) is 0 Å². The molecule has 1 saturated carbocycles. The van der Waals surface area contributed by atoms with Crippen molar-refractivity contribution < 1.29 is 18.3 Å². The van der Waals surface area contributed by atoms with Crippen molar-refractivity contribution >= 4 is 15.9 Å². The summed E-state index contributed by atoms with van der Waals surface area (Å²) in [7, 11) is -3.73. The predicted octanol–water partition coefficient (Wildman–Crippen LogP) is 6.20. The Morgan fingerprint density at radius 1 is 0.762 bits per heavy atom. The summed E-state index contributed by atoms with van der Waals surface area (Å²) in [6.45, 7) is 0.335. The van der Waals surface area contributed by atoms with Gasteiger partial charge in [-0.15, -0.1) is 0 Å². The standard InChI is InChI=1S/C35H38N2O4S/c38-26-34(30-14-6-2-7-15-30)36-35(39)33-19-11-10-18-32(33)29-22-20-28(21-23-29)25-37(24-27-12-4-1-5-13-27)42(40,41)31-16-8-3-9-17-31/h1-9,12-17,20-23,32-34,38H,10-11,18-19,24-26H2,(H,36,39). The van der Waals surface area contributed by atoms with Crippen molar-refractivity contribution in [2.24, 2.45) is 5.92 Å². The van der Waals surface area contributed by atoms with Crippen LogP contribution in [0.2, 0.25) is 0 Å².